The molecule has 0 radical (unpaired) electrons. The largest absolute Gasteiger partial charge is 0.493 e. The molecule has 1 aliphatic carbocycles. The molecule has 0 aliphatic heterocycles. The lowest BCUT2D eigenvalue weighted by molar-refractivity contribution is 0.0975. The second kappa shape index (κ2) is 10.4. The lowest BCUT2D eigenvalue weighted by atomic mass is 10.2. The maximum Gasteiger partial charge on any atom is 0.285 e. The summed E-state index contributed by atoms with van der Waals surface area (Å²) in [5.74, 6) is 1.19. The molecule has 31 heavy (non-hydrogen) atoms. The molecule has 1 amide bonds. The van der Waals surface area contributed by atoms with Crippen molar-refractivity contribution in [3.05, 3.63) is 46.1 Å². The molecule has 10 heteroatoms. The van der Waals surface area contributed by atoms with Crippen molar-refractivity contribution in [2.75, 3.05) is 23.8 Å². The Morgan fingerprint density at radius 1 is 1.23 bits per heavy atom. The van der Waals surface area contributed by atoms with Crippen molar-refractivity contribution < 1.29 is 17.9 Å². The molecule has 1 N–H and O–H groups in total. The molecular formula is C21H27BrN4O4S. The predicted octanol–water partition coefficient (Wildman–Crippen LogP) is 3.52. The van der Waals surface area contributed by atoms with Crippen molar-refractivity contribution >= 4 is 37.7 Å². The van der Waals surface area contributed by atoms with Crippen LogP contribution in [0.25, 0.3) is 0 Å². The number of hydrogen-bond donors (Lipinski definition) is 1. The number of hydrogen-bond acceptors (Lipinski definition) is 7. The van der Waals surface area contributed by atoms with Gasteiger partial charge in [-0.1, -0.05) is 22.9 Å². The summed E-state index contributed by atoms with van der Waals surface area (Å²) in [6, 6.07) is 9.10. The van der Waals surface area contributed by atoms with Gasteiger partial charge in [0, 0.05) is 23.1 Å². The van der Waals surface area contributed by atoms with E-state index in [1.54, 1.807) is 13.0 Å². The zero-order chi connectivity index (χ0) is 22.4. The Morgan fingerprint density at radius 2 is 2.00 bits per heavy atom. The molecule has 8 nitrogen and oxygen atoms in total. The first-order valence-electron chi connectivity index (χ1n) is 10.4. The van der Waals surface area contributed by atoms with E-state index in [-0.39, 0.29) is 11.4 Å². The van der Waals surface area contributed by atoms with Gasteiger partial charge in [-0.2, -0.15) is 0 Å². The van der Waals surface area contributed by atoms with Crippen molar-refractivity contribution in [1.82, 2.24) is 14.9 Å². The van der Waals surface area contributed by atoms with Gasteiger partial charge in [0.15, 0.2) is 11.5 Å². The first-order valence-corrected chi connectivity index (χ1v) is 12.8. The molecule has 0 bridgehead atoms. The second-order valence-corrected chi connectivity index (χ2v) is 10.3. The Kier molecular flexibility index (Phi) is 7.88. The van der Waals surface area contributed by atoms with Gasteiger partial charge in [0.05, 0.1) is 12.4 Å². The number of nitrogens with one attached hydrogen (secondary N) is 1. The number of benzene rings is 1. The van der Waals surface area contributed by atoms with Gasteiger partial charge in [-0.15, -0.1) is 10.2 Å². The van der Waals surface area contributed by atoms with E-state index in [9.17, 15) is 13.2 Å². The lowest BCUT2D eigenvalue weighted by Gasteiger charge is -2.23. The van der Waals surface area contributed by atoms with E-state index in [0.717, 1.165) is 22.4 Å². The van der Waals surface area contributed by atoms with Crippen LogP contribution in [0.5, 0.6) is 5.75 Å². The minimum atomic E-state index is -3.66. The fourth-order valence-electron chi connectivity index (χ4n) is 2.99. The number of carbonyl (C=O) groups excluding carboxylic acids is 1. The van der Waals surface area contributed by atoms with Crippen molar-refractivity contribution in [2.45, 2.75) is 39.7 Å². The maximum atomic E-state index is 12.2. The Morgan fingerprint density at radius 3 is 2.61 bits per heavy atom. The minimum absolute atomic E-state index is 0.0459. The predicted molar refractivity (Wildman–Crippen MR) is 123 cm³/mol. The van der Waals surface area contributed by atoms with E-state index >= 15 is 0 Å². The van der Waals surface area contributed by atoms with Crippen LogP contribution in [-0.4, -0.2) is 43.4 Å². The number of aromatic nitrogens is 2. The molecule has 3 rings (SSSR count). The van der Waals surface area contributed by atoms with Gasteiger partial charge >= 0.3 is 0 Å². The van der Waals surface area contributed by atoms with Gasteiger partial charge < -0.3 is 9.64 Å². The van der Waals surface area contributed by atoms with E-state index in [2.05, 4.69) is 26.1 Å². The van der Waals surface area contributed by atoms with Gasteiger partial charge in [0.1, 0.15) is 5.75 Å². The van der Waals surface area contributed by atoms with Gasteiger partial charge in [-0.25, -0.2) is 13.1 Å². The molecular weight excluding hydrogens is 484 g/mol. The quantitative estimate of drug-likeness (QED) is 0.493. The summed E-state index contributed by atoms with van der Waals surface area (Å²) >= 11 is 3.52. The molecule has 1 aromatic heterocycles. The van der Waals surface area contributed by atoms with Crippen LogP contribution in [0.1, 0.15) is 49.2 Å². The molecule has 0 saturated heterocycles. The van der Waals surface area contributed by atoms with E-state index in [1.165, 1.54) is 18.9 Å². The highest BCUT2D eigenvalue weighted by Gasteiger charge is 2.23. The summed E-state index contributed by atoms with van der Waals surface area (Å²) in [5.41, 5.74) is 0.974. The molecule has 0 unspecified atom stereocenters. The number of rotatable bonds is 11. The van der Waals surface area contributed by atoms with Crippen LogP contribution < -0.4 is 14.4 Å². The molecule has 0 spiro atoms. The summed E-state index contributed by atoms with van der Waals surface area (Å²) in [6.07, 6.45) is 2.87. The molecule has 2 aromatic rings. The second-order valence-electron chi connectivity index (χ2n) is 7.55. The average Bonchev–Trinajstić information content (AvgIpc) is 3.55. The third kappa shape index (κ3) is 6.90. The van der Waals surface area contributed by atoms with Crippen LogP contribution in [0.2, 0.25) is 0 Å². The van der Waals surface area contributed by atoms with Crippen LogP contribution >= 0.6 is 15.9 Å². The smallest absolute Gasteiger partial charge is 0.285 e. The van der Waals surface area contributed by atoms with E-state index < -0.39 is 15.9 Å². The molecule has 1 heterocycles. The topological polar surface area (TPSA) is 101 Å². The third-order valence-electron chi connectivity index (χ3n) is 4.87. The van der Waals surface area contributed by atoms with Crippen LogP contribution in [-0.2, 0) is 16.6 Å². The minimum Gasteiger partial charge on any atom is -0.493 e. The van der Waals surface area contributed by atoms with Gasteiger partial charge in [0.2, 0.25) is 10.0 Å². The third-order valence-corrected chi connectivity index (χ3v) is 6.80. The fraction of sp³-hybridized carbons (Fsp3) is 0.476. The van der Waals surface area contributed by atoms with Crippen LogP contribution in [0.15, 0.2) is 34.8 Å². The van der Waals surface area contributed by atoms with Crippen LogP contribution in [0.3, 0.4) is 0 Å². The van der Waals surface area contributed by atoms with Crippen molar-refractivity contribution in [2.24, 2.45) is 5.92 Å². The maximum absolute atomic E-state index is 12.2. The first kappa shape index (κ1) is 23.5. The summed E-state index contributed by atoms with van der Waals surface area (Å²) in [4.78, 5) is 14.2. The molecule has 1 aliphatic rings. The highest BCUT2D eigenvalue weighted by Crippen LogP contribution is 2.32. The van der Waals surface area contributed by atoms with Crippen LogP contribution in [0, 0.1) is 5.92 Å². The van der Waals surface area contributed by atoms with E-state index in [1.807, 2.05) is 34.7 Å². The fourth-order valence-corrected chi connectivity index (χ4v) is 4.43. The molecule has 168 valence electrons. The monoisotopic (exact) mass is 510 g/mol. The number of sulfonamides is 1. The lowest BCUT2D eigenvalue weighted by Crippen LogP contribution is -2.33. The Labute approximate surface area is 191 Å². The summed E-state index contributed by atoms with van der Waals surface area (Å²) in [6.45, 7) is 5.68. The summed E-state index contributed by atoms with van der Waals surface area (Å²) in [5, 5.41) is 8.08. The van der Waals surface area contributed by atoms with Gasteiger partial charge in [-0.05, 0) is 62.4 Å². The molecule has 1 fully saturated rings. The summed E-state index contributed by atoms with van der Waals surface area (Å²) in [7, 11) is -3.66. The number of halogens is 1. The van der Waals surface area contributed by atoms with E-state index in [4.69, 9.17) is 4.74 Å². The number of anilines is 1. The van der Waals surface area contributed by atoms with E-state index in [0.29, 0.717) is 31.2 Å². The van der Waals surface area contributed by atoms with Gasteiger partial charge in [-0.3, -0.25) is 4.79 Å². The molecule has 1 aromatic carbocycles. The number of ether oxygens (including phenoxy) is 1. The first-order chi connectivity index (χ1) is 14.8. The normalized spacial score (nSPS) is 13.6. The highest BCUT2D eigenvalue weighted by atomic mass is 79.9. The van der Waals surface area contributed by atoms with Crippen molar-refractivity contribution in [3.63, 3.8) is 0 Å². The molecule has 1 saturated carbocycles. The van der Waals surface area contributed by atoms with Crippen molar-refractivity contribution in [1.29, 1.82) is 0 Å². The van der Waals surface area contributed by atoms with Crippen molar-refractivity contribution in [3.8, 4) is 5.75 Å². The van der Waals surface area contributed by atoms with Gasteiger partial charge in [0.25, 0.3) is 5.91 Å². The Bertz CT molecular complexity index is 1010. The SMILES string of the molecule is CCCS(=O)(=O)NC(=O)c1ccc(N(CC)Cc2cc(Br)ccc2OCC2CC2)nn1. The highest BCUT2D eigenvalue weighted by molar-refractivity contribution is 9.10. The zero-order valence-corrected chi connectivity index (χ0v) is 20.1. The number of carbonyl (C=O) groups is 1. The number of amides is 1. The average molecular weight is 511 g/mol. The Hall–Kier alpha value is -2.20. The molecule has 0 atom stereocenters. The standard InChI is InChI=1S/C21H27BrN4O4S/c1-3-11-31(28,29)25-21(27)18-8-10-20(24-23-18)26(4-2)13-16-12-17(22)7-9-19(16)30-14-15-5-6-15/h7-10,12,15H,3-6,11,13-14H2,1-2H3,(H,25,27). The summed E-state index contributed by atoms with van der Waals surface area (Å²) < 4.78 is 32.6. The number of nitrogens with zero attached hydrogens (tertiary/aromatic N) is 3. The zero-order valence-electron chi connectivity index (χ0n) is 17.7. The Balaban J connectivity index is 1.71. The van der Waals surface area contributed by atoms with Crippen LogP contribution in [0.4, 0.5) is 5.82 Å².